The highest BCUT2D eigenvalue weighted by atomic mass is 32.1. The van der Waals surface area contributed by atoms with E-state index >= 15 is 0 Å². The number of carbonyl (C=O) groups excluding carboxylic acids is 1. The van der Waals surface area contributed by atoms with E-state index in [-0.39, 0.29) is 12.3 Å². The summed E-state index contributed by atoms with van der Waals surface area (Å²) in [4.78, 5) is 22.5. The van der Waals surface area contributed by atoms with Gasteiger partial charge in [0.15, 0.2) is 5.13 Å². The van der Waals surface area contributed by atoms with Crippen LogP contribution in [-0.4, -0.2) is 29.0 Å². The van der Waals surface area contributed by atoms with Crippen molar-refractivity contribution in [2.24, 2.45) is 0 Å². The Balaban J connectivity index is 1.36. The van der Waals surface area contributed by atoms with E-state index in [1.807, 2.05) is 41.9 Å². The lowest BCUT2D eigenvalue weighted by Gasteiger charge is -2.20. The second-order valence-corrected chi connectivity index (χ2v) is 8.25. The number of rotatable bonds is 5. The summed E-state index contributed by atoms with van der Waals surface area (Å²) >= 11 is 3.16. The number of hydrogen-bond donors (Lipinski definition) is 2. The van der Waals surface area contributed by atoms with E-state index in [2.05, 4.69) is 20.6 Å². The highest BCUT2D eigenvalue weighted by Crippen LogP contribution is 2.31. The van der Waals surface area contributed by atoms with Gasteiger partial charge < -0.3 is 10.6 Å². The molecule has 0 saturated carbocycles. The molecule has 1 aromatic carbocycles. The van der Waals surface area contributed by atoms with Gasteiger partial charge in [-0.05, 0) is 31.8 Å². The van der Waals surface area contributed by atoms with Crippen molar-refractivity contribution < 1.29 is 4.79 Å². The molecule has 1 aliphatic rings. The molecule has 2 N–H and O–H groups in total. The number of benzene rings is 1. The third-order valence-electron chi connectivity index (χ3n) is 4.43. The van der Waals surface area contributed by atoms with Crippen LogP contribution in [0.3, 0.4) is 0 Å². The average Bonchev–Trinajstić information content (AvgIpc) is 3.33. The van der Waals surface area contributed by atoms with Gasteiger partial charge in [-0.15, -0.1) is 22.7 Å². The molecule has 0 bridgehead atoms. The predicted octanol–water partition coefficient (Wildman–Crippen LogP) is 3.91. The van der Waals surface area contributed by atoms with Crippen LogP contribution in [0.25, 0.3) is 10.6 Å². The Morgan fingerprint density at radius 2 is 2.04 bits per heavy atom. The zero-order valence-corrected chi connectivity index (χ0v) is 15.9. The molecule has 1 fully saturated rings. The zero-order valence-electron chi connectivity index (χ0n) is 14.3. The van der Waals surface area contributed by atoms with Crippen LogP contribution in [0.15, 0.2) is 41.9 Å². The molecule has 134 valence electrons. The van der Waals surface area contributed by atoms with E-state index in [1.54, 1.807) is 22.7 Å². The number of nitrogens with zero attached hydrogens (tertiary/aromatic N) is 2. The number of nitrogens with one attached hydrogen (secondary N) is 2. The van der Waals surface area contributed by atoms with Crippen LogP contribution in [0.1, 0.15) is 29.3 Å². The summed E-state index contributed by atoms with van der Waals surface area (Å²) in [6.45, 7) is 2.11. The molecule has 0 unspecified atom stereocenters. The number of hydrogen-bond acceptors (Lipinski definition) is 6. The van der Waals surface area contributed by atoms with E-state index in [4.69, 9.17) is 0 Å². The number of piperidine rings is 1. The Labute approximate surface area is 160 Å². The van der Waals surface area contributed by atoms with Gasteiger partial charge >= 0.3 is 0 Å². The minimum Gasteiger partial charge on any atom is -0.317 e. The second-order valence-electron chi connectivity index (χ2n) is 6.33. The molecule has 0 aliphatic carbocycles. The van der Waals surface area contributed by atoms with E-state index in [0.717, 1.165) is 42.2 Å². The fourth-order valence-electron chi connectivity index (χ4n) is 3.07. The molecule has 1 amide bonds. The summed E-state index contributed by atoms with van der Waals surface area (Å²) in [5.74, 6) is 0.493. The summed E-state index contributed by atoms with van der Waals surface area (Å²) in [6, 6.07) is 10.0. The lowest BCUT2D eigenvalue weighted by Crippen LogP contribution is -2.26. The monoisotopic (exact) mass is 384 g/mol. The van der Waals surface area contributed by atoms with Crippen molar-refractivity contribution in [2.45, 2.75) is 25.2 Å². The molecule has 2 aromatic heterocycles. The SMILES string of the molecule is O=C(Cc1csc(-c2ccccc2)n1)Nc1ncc(C2CCNCC2)s1. The molecule has 26 heavy (non-hydrogen) atoms. The van der Waals surface area contributed by atoms with Crippen molar-refractivity contribution in [3.05, 3.63) is 52.5 Å². The standard InChI is InChI=1S/C19H20N4OS2/c24-17(10-15-12-25-18(22-15)14-4-2-1-3-5-14)23-19-21-11-16(26-19)13-6-8-20-9-7-13/h1-5,11-13,20H,6-10H2,(H,21,23,24). The third kappa shape index (κ3) is 4.17. The zero-order chi connectivity index (χ0) is 17.8. The Morgan fingerprint density at radius 3 is 2.85 bits per heavy atom. The van der Waals surface area contributed by atoms with Crippen LogP contribution >= 0.6 is 22.7 Å². The van der Waals surface area contributed by atoms with Gasteiger partial charge in [0, 0.05) is 22.0 Å². The summed E-state index contributed by atoms with van der Waals surface area (Å²) in [6.07, 6.45) is 4.45. The molecular weight excluding hydrogens is 364 g/mol. The summed E-state index contributed by atoms with van der Waals surface area (Å²) in [5, 5.41) is 9.86. The van der Waals surface area contributed by atoms with E-state index in [1.165, 1.54) is 4.88 Å². The van der Waals surface area contributed by atoms with Crippen LogP contribution in [0, 0.1) is 0 Å². The van der Waals surface area contributed by atoms with Gasteiger partial charge in [-0.2, -0.15) is 0 Å². The first kappa shape index (κ1) is 17.3. The lowest BCUT2D eigenvalue weighted by atomic mass is 9.97. The smallest absolute Gasteiger partial charge is 0.232 e. The van der Waals surface area contributed by atoms with Gasteiger partial charge in [0.2, 0.25) is 5.91 Å². The van der Waals surface area contributed by atoms with Crippen LogP contribution in [-0.2, 0) is 11.2 Å². The summed E-state index contributed by atoms with van der Waals surface area (Å²) in [7, 11) is 0. The van der Waals surface area contributed by atoms with Gasteiger partial charge in [0.1, 0.15) is 5.01 Å². The molecule has 3 heterocycles. The van der Waals surface area contributed by atoms with Crippen LogP contribution < -0.4 is 10.6 Å². The first-order valence-corrected chi connectivity index (χ1v) is 10.4. The Morgan fingerprint density at radius 1 is 1.23 bits per heavy atom. The number of amides is 1. The largest absolute Gasteiger partial charge is 0.317 e. The molecule has 4 rings (SSSR count). The molecular formula is C19H20N4OS2. The highest BCUT2D eigenvalue weighted by Gasteiger charge is 2.18. The quantitative estimate of drug-likeness (QED) is 0.700. The first-order valence-electron chi connectivity index (χ1n) is 8.74. The van der Waals surface area contributed by atoms with Gasteiger partial charge in [-0.25, -0.2) is 9.97 Å². The van der Waals surface area contributed by atoms with Gasteiger partial charge in [-0.1, -0.05) is 30.3 Å². The van der Waals surface area contributed by atoms with E-state index < -0.39 is 0 Å². The van der Waals surface area contributed by atoms with Crippen LogP contribution in [0.2, 0.25) is 0 Å². The van der Waals surface area contributed by atoms with Crippen molar-refractivity contribution in [3.8, 4) is 10.6 Å². The van der Waals surface area contributed by atoms with Crippen molar-refractivity contribution in [3.63, 3.8) is 0 Å². The molecule has 0 radical (unpaired) electrons. The van der Waals surface area contributed by atoms with Gasteiger partial charge in [0.25, 0.3) is 0 Å². The van der Waals surface area contributed by atoms with Crippen LogP contribution in [0.5, 0.6) is 0 Å². The molecule has 1 aliphatic heterocycles. The summed E-state index contributed by atoms with van der Waals surface area (Å²) in [5.41, 5.74) is 1.87. The number of aromatic nitrogens is 2. The second kappa shape index (κ2) is 8.07. The van der Waals surface area contributed by atoms with E-state index in [0.29, 0.717) is 11.0 Å². The molecule has 7 heteroatoms. The third-order valence-corrected chi connectivity index (χ3v) is 6.44. The maximum Gasteiger partial charge on any atom is 0.232 e. The van der Waals surface area contributed by atoms with Crippen molar-refractivity contribution >= 4 is 33.7 Å². The first-order chi connectivity index (χ1) is 12.8. The van der Waals surface area contributed by atoms with Gasteiger partial charge in [-0.3, -0.25) is 4.79 Å². The fourth-order valence-corrected chi connectivity index (χ4v) is 4.90. The molecule has 0 spiro atoms. The maximum absolute atomic E-state index is 12.3. The normalized spacial score (nSPS) is 15.1. The number of carbonyl (C=O) groups is 1. The number of thiazole rings is 2. The Bertz CT molecular complexity index is 869. The minimum absolute atomic E-state index is 0.0684. The molecule has 0 atom stereocenters. The Kier molecular flexibility index (Phi) is 5.38. The van der Waals surface area contributed by atoms with Crippen molar-refractivity contribution in [1.29, 1.82) is 0 Å². The lowest BCUT2D eigenvalue weighted by molar-refractivity contribution is -0.115. The summed E-state index contributed by atoms with van der Waals surface area (Å²) < 4.78 is 0. The number of anilines is 1. The highest BCUT2D eigenvalue weighted by molar-refractivity contribution is 7.15. The molecule has 1 saturated heterocycles. The molecule has 5 nitrogen and oxygen atoms in total. The fraction of sp³-hybridized carbons (Fsp3) is 0.316. The average molecular weight is 385 g/mol. The molecule has 3 aromatic rings. The maximum atomic E-state index is 12.3. The van der Waals surface area contributed by atoms with Crippen LogP contribution in [0.4, 0.5) is 5.13 Å². The Hall–Kier alpha value is -2.09. The van der Waals surface area contributed by atoms with Gasteiger partial charge in [0.05, 0.1) is 12.1 Å². The topological polar surface area (TPSA) is 66.9 Å². The minimum atomic E-state index is -0.0684. The van der Waals surface area contributed by atoms with Crippen molar-refractivity contribution in [1.82, 2.24) is 15.3 Å². The van der Waals surface area contributed by atoms with E-state index in [9.17, 15) is 4.79 Å². The predicted molar refractivity (Wildman–Crippen MR) is 107 cm³/mol. The van der Waals surface area contributed by atoms with Crippen molar-refractivity contribution in [2.75, 3.05) is 18.4 Å².